The first-order chi connectivity index (χ1) is 7.27. The third kappa shape index (κ3) is 4.20. The van der Waals surface area contributed by atoms with Crippen LogP contribution in [0.25, 0.3) is 0 Å². The van der Waals surface area contributed by atoms with Crippen molar-refractivity contribution in [2.75, 3.05) is 19.5 Å². The fourth-order valence-electron chi connectivity index (χ4n) is 1.16. The van der Waals surface area contributed by atoms with Gasteiger partial charge in [-0.25, -0.2) is 4.39 Å². The van der Waals surface area contributed by atoms with Gasteiger partial charge in [-0.1, -0.05) is 12.1 Å². The Morgan fingerprint density at radius 1 is 1.47 bits per heavy atom. The molecule has 2 nitrogen and oxygen atoms in total. The fourth-order valence-corrected chi connectivity index (χ4v) is 2.04. The first-order valence-corrected chi connectivity index (χ1v) is 5.97. The maximum Gasteiger partial charge on any atom is 0.127 e. The van der Waals surface area contributed by atoms with Gasteiger partial charge in [0.05, 0.1) is 6.61 Å². The molecule has 4 heteroatoms. The predicted molar refractivity (Wildman–Crippen MR) is 62.3 cm³/mol. The molecular weight excluding hydrogens is 213 g/mol. The maximum absolute atomic E-state index is 13.4. The molecular formula is C11H16FNOS. The second kappa shape index (κ2) is 6.82. The molecule has 0 spiro atoms. The molecule has 0 aliphatic rings. The molecule has 0 saturated heterocycles. The van der Waals surface area contributed by atoms with Crippen molar-refractivity contribution in [3.63, 3.8) is 0 Å². The summed E-state index contributed by atoms with van der Waals surface area (Å²) in [6, 6.07) is 5.18. The zero-order valence-corrected chi connectivity index (χ0v) is 9.65. The Hall–Kier alpha value is -0.580. The standard InChI is InChI=1S/C11H16FNOS/c1-14-4-5-15-8-10-3-2-9(7-13)6-11(10)12/h2-3,6H,4-5,7-8,13H2,1H3. The van der Waals surface area contributed by atoms with Gasteiger partial charge in [0.15, 0.2) is 0 Å². The molecule has 0 fully saturated rings. The number of nitrogens with two attached hydrogens (primary N) is 1. The van der Waals surface area contributed by atoms with E-state index in [1.54, 1.807) is 24.9 Å². The normalized spacial score (nSPS) is 10.6. The van der Waals surface area contributed by atoms with Crippen LogP contribution >= 0.6 is 11.8 Å². The van der Waals surface area contributed by atoms with Crippen molar-refractivity contribution in [1.29, 1.82) is 0 Å². The van der Waals surface area contributed by atoms with Gasteiger partial charge in [-0.05, 0) is 17.2 Å². The average molecular weight is 229 g/mol. The van der Waals surface area contributed by atoms with E-state index in [1.165, 1.54) is 6.07 Å². The summed E-state index contributed by atoms with van der Waals surface area (Å²) in [6.07, 6.45) is 0. The molecule has 0 amide bonds. The molecule has 0 radical (unpaired) electrons. The van der Waals surface area contributed by atoms with E-state index >= 15 is 0 Å². The van der Waals surface area contributed by atoms with Crippen molar-refractivity contribution >= 4 is 11.8 Å². The van der Waals surface area contributed by atoms with Crippen LogP contribution < -0.4 is 5.73 Å². The molecule has 84 valence electrons. The number of ether oxygens (including phenoxy) is 1. The van der Waals surface area contributed by atoms with Crippen LogP contribution in [0.15, 0.2) is 18.2 Å². The largest absolute Gasteiger partial charge is 0.384 e. The number of rotatable bonds is 6. The van der Waals surface area contributed by atoms with Gasteiger partial charge in [0, 0.05) is 25.2 Å². The molecule has 0 atom stereocenters. The Labute approximate surface area is 94.0 Å². The summed E-state index contributed by atoms with van der Waals surface area (Å²) in [5.41, 5.74) is 6.98. The Bertz CT molecular complexity index is 307. The Kier molecular flexibility index (Phi) is 5.68. The van der Waals surface area contributed by atoms with Crippen LogP contribution in [0.2, 0.25) is 0 Å². The van der Waals surface area contributed by atoms with E-state index in [0.717, 1.165) is 16.9 Å². The highest BCUT2D eigenvalue weighted by Crippen LogP contribution is 2.16. The van der Waals surface area contributed by atoms with E-state index in [0.29, 0.717) is 18.9 Å². The van der Waals surface area contributed by atoms with Crippen LogP contribution in [0.3, 0.4) is 0 Å². The van der Waals surface area contributed by atoms with E-state index in [2.05, 4.69) is 0 Å². The monoisotopic (exact) mass is 229 g/mol. The minimum Gasteiger partial charge on any atom is -0.384 e. The molecule has 0 unspecified atom stereocenters. The lowest BCUT2D eigenvalue weighted by Crippen LogP contribution is -1.99. The van der Waals surface area contributed by atoms with Gasteiger partial charge >= 0.3 is 0 Å². The second-order valence-electron chi connectivity index (χ2n) is 3.18. The van der Waals surface area contributed by atoms with Gasteiger partial charge in [-0.2, -0.15) is 11.8 Å². The zero-order valence-electron chi connectivity index (χ0n) is 8.83. The van der Waals surface area contributed by atoms with Crippen molar-refractivity contribution in [1.82, 2.24) is 0 Å². The third-order valence-corrected chi connectivity index (χ3v) is 3.01. The highest BCUT2D eigenvalue weighted by molar-refractivity contribution is 7.98. The van der Waals surface area contributed by atoms with E-state index in [-0.39, 0.29) is 5.82 Å². The molecule has 0 aromatic heterocycles. The van der Waals surface area contributed by atoms with Gasteiger partial charge in [-0.3, -0.25) is 0 Å². The van der Waals surface area contributed by atoms with E-state index in [1.807, 2.05) is 6.07 Å². The summed E-state index contributed by atoms with van der Waals surface area (Å²) < 4.78 is 18.4. The van der Waals surface area contributed by atoms with Crippen LogP contribution in [0.1, 0.15) is 11.1 Å². The molecule has 1 aromatic rings. The molecule has 1 rings (SSSR count). The molecule has 0 aliphatic heterocycles. The predicted octanol–water partition coefficient (Wildman–Crippen LogP) is 2.16. The quantitative estimate of drug-likeness (QED) is 0.759. The van der Waals surface area contributed by atoms with Gasteiger partial charge in [0.1, 0.15) is 5.82 Å². The van der Waals surface area contributed by atoms with E-state index in [9.17, 15) is 4.39 Å². The smallest absolute Gasteiger partial charge is 0.127 e. The lowest BCUT2D eigenvalue weighted by atomic mass is 10.1. The minimum absolute atomic E-state index is 0.164. The van der Waals surface area contributed by atoms with Crippen molar-refractivity contribution in [2.24, 2.45) is 5.73 Å². The van der Waals surface area contributed by atoms with Crippen LogP contribution in [0.5, 0.6) is 0 Å². The topological polar surface area (TPSA) is 35.2 Å². The number of benzene rings is 1. The first kappa shape index (κ1) is 12.5. The van der Waals surface area contributed by atoms with Crippen LogP contribution in [0.4, 0.5) is 4.39 Å². The van der Waals surface area contributed by atoms with Crippen molar-refractivity contribution in [3.8, 4) is 0 Å². The summed E-state index contributed by atoms with van der Waals surface area (Å²) >= 11 is 1.66. The van der Waals surface area contributed by atoms with Crippen molar-refractivity contribution in [3.05, 3.63) is 35.1 Å². The molecule has 1 aromatic carbocycles. The maximum atomic E-state index is 13.4. The molecule has 0 bridgehead atoms. The van der Waals surface area contributed by atoms with Gasteiger partial charge < -0.3 is 10.5 Å². The van der Waals surface area contributed by atoms with Gasteiger partial charge in [0.2, 0.25) is 0 Å². The number of methoxy groups -OCH3 is 1. The summed E-state index contributed by atoms with van der Waals surface area (Å²) in [6.45, 7) is 1.08. The number of halogens is 1. The van der Waals surface area contributed by atoms with Crippen LogP contribution in [-0.4, -0.2) is 19.5 Å². The Balaban J connectivity index is 2.47. The number of thioether (sulfide) groups is 1. The van der Waals surface area contributed by atoms with Gasteiger partial charge in [0.25, 0.3) is 0 Å². The second-order valence-corrected chi connectivity index (χ2v) is 4.28. The number of hydrogen-bond donors (Lipinski definition) is 1. The molecule has 0 heterocycles. The van der Waals surface area contributed by atoms with Crippen molar-refractivity contribution in [2.45, 2.75) is 12.3 Å². The third-order valence-electron chi connectivity index (χ3n) is 2.04. The number of hydrogen-bond acceptors (Lipinski definition) is 3. The summed E-state index contributed by atoms with van der Waals surface area (Å²) in [5.74, 6) is 1.40. The Morgan fingerprint density at radius 2 is 2.27 bits per heavy atom. The first-order valence-electron chi connectivity index (χ1n) is 4.82. The summed E-state index contributed by atoms with van der Waals surface area (Å²) in [4.78, 5) is 0. The SMILES string of the molecule is COCCSCc1ccc(CN)cc1F. The highest BCUT2D eigenvalue weighted by atomic mass is 32.2. The zero-order chi connectivity index (χ0) is 11.1. The fraction of sp³-hybridized carbons (Fsp3) is 0.455. The lowest BCUT2D eigenvalue weighted by Gasteiger charge is -2.04. The van der Waals surface area contributed by atoms with E-state index < -0.39 is 0 Å². The van der Waals surface area contributed by atoms with Crippen LogP contribution in [-0.2, 0) is 17.0 Å². The summed E-state index contributed by atoms with van der Waals surface area (Å²) in [5, 5.41) is 0. The lowest BCUT2D eigenvalue weighted by molar-refractivity contribution is 0.218. The van der Waals surface area contributed by atoms with Crippen LogP contribution in [0, 0.1) is 5.82 Å². The molecule has 0 aliphatic carbocycles. The average Bonchev–Trinajstić information content (AvgIpc) is 2.26. The summed E-state index contributed by atoms with van der Waals surface area (Å²) in [7, 11) is 1.66. The minimum atomic E-state index is -0.164. The molecule has 15 heavy (non-hydrogen) atoms. The van der Waals surface area contributed by atoms with Crippen molar-refractivity contribution < 1.29 is 9.13 Å². The molecule has 2 N–H and O–H groups in total. The Morgan fingerprint density at radius 3 is 2.87 bits per heavy atom. The van der Waals surface area contributed by atoms with E-state index in [4.69, 9.17) is 10.5 Å². The highest BCUT2D eigenvalue weighted by Gasteiger charge is 2.02. The molecule has 0 saturated carbocycles. The van der Waals surface area contributed by atoms with Gasteiger partial charge in [-0.15, -0.1) is 0 Å².